The van der Waals surface area contributed by atoms with Crippen LogP contribution >= 0.6 is 11.8 Å². The number of nitriles is 3. The van der Waals surface area contributed by atoms with Crippen LogP contribution in [0.4, 0.5) is 0 Å². The van der Waals surface area contributed by atoms with Gasteiger partial charge in [0.2, 0.25) is 0 Å². The predicted molar refractivity (Wildman–Crippen MR) is 47.7 cm³/mol. The SMILES string of the molecule is CSC(NC#N)=C(C#N)C#N.[NaH]. The van der Waals surface area contributed by atoms with Crippen LogP contribution < -0.4 is 5.32 Å². The standard InChI is InChI=1S/C6H4N4S.Na.H/c1-11-6(10-4-9)5(2-7)3-8;;/h10H,1H3;;. The number of hydrogen-bond donors (Lipinski definition) is 1. The molecule has 0 aliphatic rings. The second-order valence-corrected chi connectivity index (χ2v) is 2.19. The van der Waals surface area contributed by atoms with Crippen molar-refractivity contribution in [3.05, 3.63) is 10.6 Å². The van der Waals surface area contributed by atoms with E-state index >= 15 is 0 Å². The first kappa shape index (κ1) is 13.9. The number of rotatable bonds is 2. The van der Waals surface area contributed by atoms with Crippen molar-refractivity contribution < 1.29 is 0 Å². The molecule has 12 heavy (non-hydrogen) atoms. The first-order valence-electron chi connectivity index (χ1n) is 2.53. The van der Waals surface area contributed by atoms with E-state index in [9.17, 15) is 0 Å². The third-order valence-electron chi connectivity index (χ3n) is 0.824. The van der Waals surface area contributed by atoms with Crippen LogP contribution in [0.25, 0.3) is 0 Å². The molecule has 0 radical (unpaired) electrons. The molecule has 0 atom stereocenters. The van der Waals surface area contributed by atoms with Crippen molar-refractivity contribution in [3.63, 3.8) is 0 Å². The minimum atomic E-state index is -0.0703. The molecule has 0 bridgehead atoms. The molecular weight excluding hydrogens is 183 g/mol. The van der Waals surface area contributed by atoms with Crippen molar-refractivity contribution in [2.75, 3.05) is 6.26 Å². The Kier molecular flexibility index (Phi) is 9.81. The van der Waals surface area contributed by atoms with Gasteiger partial charge in [-0.3, -0.25) is 5.32 Å². The van der Waals surface area contributed by atoms with Gasteiger partial charge >= 0.3 is 29.6 Å². The Labute approximate surface area is 97.1 Å². The molecule has 1 N–H and O–H groups in total. The van der Waals surface area contributed by atoms with Crippen LogP contribution in [0.1, 0.15) is 0 Å². The van der Waals surface area contributed by atoms with Crippen molar-refractivity contribution in [1.82, 2.24) is 5.32 Å². The molecule has 0 rings (SSSR count). The number of nitrogens with zero attached hydrogens (tertiary/aromatic N) is 3. The maximum absolute atomic E-state index is 8.36. The zero-order valence-corrected chi connectivity index (χ0v) is 6.57. The van der Waals surface area contributed by atoms with E-state index < -0.39 is 0 Å². The van der Waals surface area contributed by atoms with Crippen LogP contribution in [0.5, 0.6) is 0 Å². The predicted octanol–water partition coefficient (Wildman–Crippen LogP) is 0.0303. The van der Waals surface area contributed by atoms with E-state index in [1.807, 2.05) is 0 Å². The number of hydrogen-bond acceptors (Lipinski definition) is 5. The minimum absolute atomic E-state index is 0. The van der Waals surface area contributed by atoms with Gasteiger partial charge in [-0.1, -0.05) is 0 Å². The van der Waals surface area contributed by atoms with Gasteiger partial charge in [-0.15, -0.1) is 11.8 Å². The van der Waals surface area contributed by atoms with Crippen LogP contribution in [0, 0.1) is 34.1 Å². The van der Waals surface area contributed by atoms with Crippen LogP contribution in [-0.2, 0) is 0 Å². The van der Waals surface area contributed by atoms with Gasteiger partial charge in [-0.05, 0) is 6.26 Å². The molecule has 4 nitrogen and oxygen atoms in total. The van der Waals surface area contributed by atoms with E-state index in [1.165, 1.54) is 0 Å². The Morgan fingerprint density at radius 3 is 2.00 bits per heavy atom. The molecule has 0 unspecified atom stereocenters. The van der Waals surface area contributed by atoms with E-state index in [1.54, 1.807) is 24.6 Å². The zero-order chi connectivity index (χ0) is 8.69. The summed E-state index contributed by atoms with van der Waals surface area (Å²) < 4.78 is 0. The van der Waals surface area contributed by atoms with Crippen LogP contribution in [0.15, 0.2) is 10.6 Å². The van der Waals surface area contributed by atoms with E-state index in [4.69, 9.17) is 15.8 Å². The fourth-order valence-corrected chi connectivity index (χ4v) is 0.836. The van der Waals surface area contributed by atoms with Gasteiger partial charge in [0.05, 0.1) is 0 Å². The van der Waals surface area contributed by atoms with Gasteiger partial charge in [0.25, 0.3) is 0 Å². The molecule has 0 saturated heterocycles. The van der Waals surface area contributed by atoms with E-state index in [-0.39, 0.29) is 40.2 Å². The molecule has 6 heteroatoms. The van der Waals surface area contributed by atoms with E-state index in [0.29, 0.717) is 0 Å². The molecule has 0 aromatic rings. The van der Waals surface area contributed by atoms with Crippen molar-refractivity contribution >= 4 is 41.3 Å². The zero-order valence-electron chi connectivity index (χ0n) is 5.75. The number of allylic oxidation sites excluding steroid dienone is 1. The Bertz CT molecular complexity index is 274. The summed E-state index contributed by atoms with van der Waals surface area (Å²) in [6.45, 7) is 0. The second kappa shape index (κ2) is 8.46. The summed E-state index contributed by atoms with van der Waals surface area (Å²) in [5.74, 6) is 0. The summed E-state index contributed by atoms with van der Waals surface area (Å²) in [7, 11) is 0. The average Bonchev–Trinajstić information content (AvgIpc) is 2.05. The van der Waals surface area contributed by atoms with Crippen molar-refractivity contribution in [1.29, 1.82) is 15.8 Å². The fourth-order valence-electron chi connectivity index (χ4n) is 0.393. The molecular formula is C6H5N4NaS. The molecule has 0 saturated carbocycles. The summed E-state index contributed by atoms with van der Waals surface area (Å²) >= 11 is 1.15. The number of thioether (sulfide) groups is 1. The first-order chi connectivity index (χ1) is 5.29. The van der Waals surface area contributed by atoms with Crippen molar-refractivity contribution in [2.45, 2.75) is 0 Å². The third kappa shape index (κ3) is 4.28. The molecule has 0 aromatic heterocycles. The van der Waals surface area contributed by atoms with Crippen molar-refractivity contribution in [3.8, 4) is 18.3 Å². The van der Waals surface area contributed by atoms with E-state index in [2.05, 4.69) is 5.32 Å². The van der Waals surface area contributed by atoms with Gasteiger partial charge in [0.15, 0.2) is 11.8 Å². The Morgan fingerprint density at radius 2 is 1.75 bits per heavy atom. The monoisotopic (exact) mass is 188 g/mol. The second-order valence-electron chi connectivity index (χ2n) is 1.37. The van der Waals surface area contributed by atoms with Gasteiger partial charge in [-0.2, -0.15) is 15.8 Å². The fraction of sp³-hybridized carbons (Fsp3) is 0.167. The van der Waals surface area contributed by atoms with Gasteiger partial charge < -0.3 is 0 Å². The molecule has 0 aromatic carbocycles. The molecule has 0 spiro atoms. The van der Waals surface area contributed by atoms with Crippen LogP contribution in [-0.4, -0.2) is 35.8 Å². The molecule has 0 aliphatic carbocycles. The number of nitrogens with one attached hydrogen (secondary N) is 1. The summed E-state index contributed by atoms with van der Waals surface area (Å²) in [5, 5.41) is 27.4. The first-order valence-corrected chi connectivity index (χ1v) is 3.76. The Balaban J connectivity index is 0. The van der Waals surface area contributed by atoms with Gasteiger partial charge in [0.1, 0.15) is 17.2 Å². The molecule has 0 fully saturated rings. The quantitative estimate of drug-likeness (QED) is 0.286. The topological polar surface area (TPSA) is 83.4 Å². The maximum atomic E-state index is 8.36. The summed E-state index contributed by atoms with van der Waals surface area (Å²) in [6, 6.07) is 3.34. The summed E-state index contributed by atoms with van der Waals surface area (Å²) in [6.07, 6.45) is 3.31. The van der Waals surface area contributed by atoms with Crippen LogP contribution in [0.2, 0.25) is 0 Å². The van der Waals surface area contributed by atoms with Crippen molar-refractivity contribution in [2.24, 2.45) is 0 Å². The van der Waals surface area contributed by atoms with Crippen LogP contribution in [0.3, 0.4) is 0 Å². The third-order valence-corrected chi connectivity index (χ3v) is 1.54. The molecule has 0 amide bonds. The van der Waals surface area contributed by atoms with E-state index in [0.717, 1.165) is 11.8 Å². The Morgan fingerprint density at radius 1 is 1.25 bits per heavy atom. The average molecular weight is 188 g/mol. The van der Waals surface area contributed by atoms with Gasteiger partial charge in [0, 0.05) is 0 Å². The summed E-state index contributed by atoms with van der Waals surface area (Å²) in [5.41, 5.74) is -0.0703. The van der Waals surface area contributed by atoms with Gasteiger partial charge in [-0.25, -0.2) is 0 Å². The normalized spacial score (nSPS) is 6.17. The molecule has 56 valence electrons. The summed E-state index contributed by atoms with van der Waals surface area (Å²) in [4.78, 5) is 0. The Hall–Kier alpha value is -0.640. The molecule has 0 aliphatic heterocycles. The molecule has 0 heterocycles.